The molecule has 2 nitrogen and oxygen atoms in total. The SMILES string of the molecule is C[C@H](c1ccccc1)N1C(=O)C[C@@H](C)[C@]2(C)CCC=C12. The van der Waals surface area contributed by atoms with Crippen molar-refractivity contribution in [3.63, 3.8) is 0 Å². The first-order chi connectivity index (χ1) is 9.54. The second kappa shape index (κ2) is 4.76. The van der Waals surface area contributed by atoms with Crippen LogP contribution in [0.15, 0.2) is 42.1 Å². The summed E-state index contributed by atoms with van der Waals surface area (Å²) in [5.41, 5.74) is 2.65. The zero-order valence-electron chi connectivity index (χ0n) is 12.6. The molecule has 1 heterocycles. The Labute approximate surface area is 121 Å². The summed E-state index contributed by atoms with van der Waals surface area (Å²) in [5.74, 6) is 0.724. The van der Waals surface area contributed by atoms with Gasteiger partial charge in [0.1, 0.15) is 0 Å². The van der Waals surface area contributed by atoms with Crippen LogP contribution in [0.5, 0.6) is 0 Å². The van der Waals surface area contributed by atoms with Crippen molar-refractivity contribution >= 4 is 5.91 Å². The molecular weight excluding hydrogens is 246 g/mol. The van der Waals surface area contributed by atoms with Crippen molar-refractivity contribution < 1.29 is 4.79 Å². The summed E-state index contributed by atoms with van der Waals surface area (Å²) in [5, 5.41) is 0. The minimum atomic E-state index is 0.125. The summed E-state index contributed by atoms with van der Waals surface area (Å²) in [4.78, 5) is 14.6. The Morgan fingerprint density at radius 3 is 2.70 bits per heavy atom. The molecule has 1 aromatic rings. The summed E-state index contributed by atoms with van der Waals surface area (Å²) >= 11 is 0. The van der Waals surface area contributed by atoms with E-state index in [9.17, 15) is 4.79 Å². The molecular formula is C18H23NO. The lowest BCUT2D eigenvalue weighted by Gasteiger charge is -2.47. The Hall–Kier alpha value is -1.57. The van der Waals surface area contributed by atoms with E-state index in [0.717, 1.165) is 6.42 Å². The monoisotopic (exact) mass is 269 g/mol. The molecule has 106 valence electrons. The molecule has 0 bridgehead atoms. The number of amides is 1. The minimum Gasteiger partial charge on any atom is -0.309 e. The van der Waals surface area contributed by atoms with Gasteiger partial charge in [0, 0.05) is 17.5 Å². The van der Waals surface area contributed by atoms with Gasteiger partial charge in [0.15, 0.2) is 0 Å². The van der Waals surface area contributed by atoms with Gasteiger partial charge in [-0.25, -0.2) is 0 Å². The normalized spacial score (nSPS) is 30.9. The quantitative estimate of drug-likeness (QED) is 0.784. The predicted molar refractivity (Wildman–Crippen MR) is 80.9 cm³/mol. The van der Waals surface area contributed by atoms with Crippen molar-refractivity contribution in [1.29, 1.82) is 0 Å². The van der Waals surface area contributed by atoms with Gasteiger partial charge in [0.2, 0.25) is 5.91 Å². The van der Waals surface area contributed by atoms with E-state index in [0.29, 0.717) is 12.3 Å². The summed E-state index contributed by atoms with van der Waals surface area (Å²) < 4.78 is 0. The van der Waals surface area contributed by atoms with E-state index in [1.165, 1.54) is 17.7 Å². The summed E-state index contributed by atoms with van der Waals surface area (Å²) in [6.45, 7) is 6.69. The molecule has 0 spiro atoms. The van der Waals surface area contributed by atoms with Gasteiger partial charge in [0.05, 0.1) is 6.04 Å². The van der Waals surface area contributed by atoms with Gasteiger partial charge < -0.3 is 4.90 Å². The highest BCUT2D eigenvalue weighted by molar-refractivity contribution is 5.81. The van der Waals surface area contributed by atoms with E-state index in [4.69, 9.17) is 0 Å². The number of likely N-dealkylation sites (tertiary alicyclic amines) is 1. The highest BCUT2D eigenvalue weighted by Gasteiger charge is 2.47. The predicted octanol–water partition coefficient (Wildman–Crippen LogP) is 4.30. The van der Waals surface area contributed by atoms with E-state index >= 15 is 0 Å². The van der Waals surface area contributed by atoms with Crippen LogP contribution < -0.4 is 0 Å². The number of allylic oxidation sites excluding steroid dienone is 2. The van der Waals surface area contributed by atoms with Crippen molar-refractivity contribution in [3.05, 3.63) is 47.7 Å². The number of hydrogen-bond donors (Lipinski definition) is 0. The van der Waals surface area contributed by atoms with Crippen LogP contribution in [0.4, 0.5) is 0 Å². The van der Waals surface area contributed by atoms with Gasteiger partial charge in [-0.2, -0.15) is 0 Å². The Morgan fingerprint density at radius 1 is 1.30 bits per heavy atom. The molecule has 3 atom stereocenters. The number of fused-ring (bicyclic) bond motifs is 1. The maximum Gasteiger partial charge on any atom is 0.227 e. The highest BCUT2D eigenvalue weighted by atomic mass is 16.2. The number of piperidine rings is 1. The Balaban J connectivity index is 1.98. The molecule has 1 amide bonds. The third kappa shape index (κ3) is 1.90. The van der Waals surface area contributed by atoms with E-state index < -0.39 is 0 Å². The van der Waals surface area contributed by atoms with E-state index in [-0.39, 0.29) is 17.4 Å². The molecule has 0 saturated carbocycles. The molecule has 0 aromatic heterocycles. The molecule has 1 aromatic carbocycles. The van der Waals surface area contributed by atoms with Crippen LogP contribution in [0.2, 0.25) is 0 Å². The Morgan fingerprint density at radius 2 is 2.00 bits per heavy atom. The fourth-order valence-electron chi connectivity index (χ4n) is 3.77. The number of rotatable bonds is 2. The second-order valence-electron chi connectivity index (χ2n) is 6.50. The second-order valence-corrected chi connectivity index (χ2v) is 6.50. The number of benzene rings is 1. The minimum absolute atomic E-state index is 0.125. The first-order valence-corrected chi connectivity index (χ1v) is 7.61. The van der Waals surface area contributed by atoms with Gasteiger partial charge in [0.25, 0.3) is 0 Å². The van der Waals surface area contributed by atoms with E-state index in [1.54, 1.807) is 0 Å². The standard InChI is InChI=1S/C18H23NO/c1-13-12-17(20)19(16-10-7-11-18(13,16)3)14(2)15-8-5-4-6-9-15/h4-6,8-10,13-14H,7,11-12H2,1-3H3/t13-,14-,18+/m1/s1. The number of carbonyl (C=O) groups is 1. The summed E-state index contributed by atoms with van der Waals surface area (Å²) in [6.07, 6.45) is 5.23. The van der Waals surface area contributed by atoms with E-state index in [1.807, 2.05) is 18.2 Å². The van der Waals surface area contributed by atoms with Gasteiger partial charge >= 0.3 is 0 Å². The summed E-state index contributed by atoms with van der Waals surface area (Å²) in [6, 6.07) is 10.5. The first-order valence-electron chi connectivity index (χ1n) is 7.61. The van der Waals surface area contributed by atoms with Crippen LogP contribution in [0, 0.1) is 11.3 Å². The fraction of sp³-hybridized carbons (Fsp3) is 0.500. The molecule has 1 aliphatic heterocycles. The molecule has 2 aliphatic rings. The van der Waals surface area contributed by atoms with Crippen LogP contribution in [-0.4, -0.2) is 10.8 Å². The Bertz CT molecular complexity index is 548. The van der Waals surface area contributed by atoms with Gasteiger partial charge in [-0.3, -0.25) is 4.79 Å². The Kier molecular flexibility index (Phi) is 3.19. The van der Waals surface area contributed by atoms with Crippen LogP contribution in [0.3, 0.4) is 0 Å². The largest absolute Gasteiger partial charge is 0.309 e. The zero-order chi connectivity index (χ0) is 14.3. The first kappa shape index (κ1) is 13.4. The maximum atomic E-state index is 12.6. The molecule has 0 radical (unpaired) electrons. The van der Waals surface area contributed by atoms with E-state index in [2.05, 4.69) is 43.9 Å². The lowest BCUT2D eigenvalue weighted by Crippen LogP contribution is -2.46. The molecule has 2 heteroatoms. The van der Waals surface area contributed by atoms with Crippen molar-refractivity contribution in [2.45, 2.75) is 46.1 Å². The number of hydrogen-bond acceptors (Lipinski definition) is 1. The smallest absolute Gasteiger partial charge is 0.227 e. The van der Waals surface area contributed by atoms with Gasteiger partial charge in [-0.15, -0.1) is 0 Å². The fourth-order valence-corrected chi connectivity index (χ4v) is 3.77. The third-order valence-electron chi connectivity index (χ3n) is 5.35. The van der Waals surface area contributed by atoms with Crippen molar-refractivity contribution in [3.8, 4) is 0 Å². The van der Waals surface area contributed by atoms with Crippen molar-refractivity contribution in [1.82, 2.24) is 4.90 Å². The molecule has 1 fully saturated rings. The highest BCUT2D eigenvalue weighted by Crippen LogP contribution is 2.52. The maximum absolute atomic E-state index is 12.6. The van der Waals surface area contributed by atoms with Crippen molar-refractivity contribution in [2.75, 3.05) is 0 Å². The lowest BCUT2D eigenvalue weighted by atomic mass is 9.70. The number of carbonyl (C=O) groups excluding carboxylic acids is 1. The lowest BCUT2D eigenvalue weighted by molar-refractivity contribution is -0.137. The van der Waals surface area contributed by atoms with Gasteiger partial charge in [-0.05, 0) is 31.2 Å². The molecule has 0 N–H and O–H groups in total. The zero-order valence-corrected chi connectivity index (χ0v) is 12.6. The van der Waals surface area contributed by atoms with Crippen LogP contribution in [0.1, 0.15) is 51.6 Å². The molecule has 1 saturated heterocycles. The topological polar surface area (TPSA) is 20.3 Å². The number of nitrogens with zero attached hydrogens (tertiary/aromatic N) is 1. The van der Waals surface area contributed by atoms with Gasteiger partial charge in [-0.1, -0.05) is 50.3 Å². The van der Waals surface area contributed by atoms with Crippen LogP contribution in [0.25, 0.3) is 0 Å². The average molecular weight is 269 g/mol. The summed E-state index contributed by atoms with van der Waals surface area (Å²) in [7, 11) is 0. The third-order valence-corrected chi connectivity index (χ3v) is 5.35. The average Bonchev–Trinajstić information content (AvgIpc) is 2.83. The molecule has 0 unspecified atom stereocenters. The molecule has 3 rings (SSSR count). The molecule has 20 heavy (non-hydrogen) atoms. The van der Waals surface area contributed by atoms with Crippen LogP contribution >= 0.6 is 0 Å². The van der Waals surface area contributed by atoms with Crippen molar-refractivity contribution in [2.24, 2.45) is 11.3 Å². The van der Waals surface area contributed by atoms with Crippen LogP contribution in [-0.2, 0) is 4.79 Å². The molecule has 1 aliphatic carbocycles.